The van der Waals surface area contributed by atoms with Crippen molar-refractivity contribution in [2.45, 2.75) is 13.5 Å². The number of hydrogen-bond acceptors (Lipinski definition) is 3. The van der Waals surface area contributed by atoms with E-state index in [4.69, 9.17) is 5.73 Å². The van der Waals surface area contributed by atoms with Crippen molar-refractivity contribution in [1.82, 2.24) is 9.97 Å². The summed E-state index contributed by atoms with van der Waals surface area (Å²) in [5.74, 6) is 0.570. The lowest BCUT2D eigenvalue weighted by Crippen LogP contribution is -2.23. The van der Waals surface area contributed by atoms with Crippen LogP contribution < -0.4 is 10.6 Å². The summed E-state index contributed by atoms with van der Waals surface area (Å²) in [6.45, 7) is 3.21. The zero-order valence-electron chi connectivity index (χ0n) is 11.8. The number of anilines is 2. The highest BCUT2D eigenvalue weighted by molar-refractivity contribution is 5.78. The number of fused-ring (bicyclic) bond motifs is 1. The van der Waals surface area contributed by atoms with Gasteiger partial charge >= 0.3 is 0 Å². The number of H-pyrrole nitrogens is 1. The Morgan fingerprint density at radius 1 is 1.24 bits per heavy atom. The number of aromatic amines is 1. The normalized spacial score (nSPS) is 11.0. The first kappa shape index (κ1) is 13.4. The number of imidazole rings is 1. The van der Waals surface area contributed by atoms with E-state index in [9.17, 15) is 4.39 Å². The summed E-state index contributed by atoms with van der Waals surface area (Å²) in [6.07, 6.45) is 0. The van der Waals surface area contributed by atoms with Crippen LogP contribution in [0.5, 0.6) is 0 Å². The summed E-state index contributed by atoms with van der Waals surface area (Å²) in [5.41, 5.74) is 8.80. The van der Waals surface area contributed by atoms with Gasteiger partial charge in [-0.3, -0.25) is 0 Å². The average Bonchev–Trinajstić information content (AvgIpc) is 2.87. The molecule has 21 heavy (non-hydrogen) atoms. The number of aromatic nitrogens is 2. The van der Waals surface area contributed by atoms with Gasteiger partial charge in [0, 0.05) is 12.2 Å². The fourth-order valence-electron chi connectivity index (χ4n) is 2.41. The van der Waals surface area contributed by atoms with Gasteiger partial charge in [-0.25, -0.2) is 9.37 Å². The number of rotatable bonds is 4. The van der Waals surface area contributed by atoms with Crippen molar-refractivity contribution in [1.29, 1.82) is 0 Å². The molecule has 3 rings (SSSR count). The van der Waals surface area contributed by atoms with Gasteiger partial charge in [0.25, 0.3) is 0 Å². The maximum absolute atomic E-state index is 13.9. The minimum Gasteiger partial charge on any atom is -0.399 e. The lowest BCUT2D eigenvalue weighted by atomic mass is 10.2. The van der Waals surface area contributed by atoms with Crippen LogP contribution in [0.3, 0.4) is 0 Å². The van der Waals surface area contributed by atoms with Crippen LogP contribution in [-0.4, -0.2) is 16.5 Å². The summed E-state index contributed by atoms with van der Waals surface area (Å²) < 4.78 is 13.9. The lowest BCUT2D eigenvalue weighted by molar-refractivity contribution is 0.616. The molecule has 0 fully saturated rings. The van der Waals surface area contributed by atoms with E-state index in [2.05, 4.69) is 9.97 Å². The molecular weight excluding hydrogens is 267 g/mol. The van der Waals surface area contributed by atoms with E-state index in [1.807, 2.05) is 36.1 Å². The molecule has 3 aromatic rings. The van der Waals surface area contributed by atoms with Crippen LogP contribution in [-0.2, 0) is 6.54 Å². The van der Waals surface area contributed by atoms with Gasteiger partial charge in [-0.1, -0.05) is 12.1 Å². The Bertz CT molecular complexity index is 766. The Balaban J connectivity index is 1.90. The Kier molecular flexibility index (Phi) is 3.48. The Hall–Kier alpha value is -2.56. The zero-order chi connectivity index (χ0) is 14.8. The number of benzene rings is 2. The number of nitrogens with zero attached hydrogens (tertiary/aromatic N) is 2. The molecule has 5 heteroatoms. The molecule has 0 aliphatic rings. The molecule has 0 bridgehead atoms. The number of halogens is 1. The molecule has 0 saturated heterocycles. The van der Waals surface area contributed by atoms with Crippen molar-refractivity contribution in [3.63, 3.8) is 0 Å². The minimum absolute atomic E-state index is 0.222. The standard InChI is InChI=1S/C16H17FN4/c1-2-21(15-6-4-3-5-12(15)17)10-16-19-13-8-7-11(18)9-14(13)20-16/h3-9H,2,10,18H2,1H3,(H,19,20). The van der Waals surface area contributed by atoms with Crippen molar-refractivity contribution in [2.24, 2.45) is 0 Å². The zero-order valence-corrected chi connectivity index (χ0v) is 11.8. The molecule has 3 N–H and O–H groups in total. The SMILES string of the molecule is CCN(Cc1nc2ccc(N)cc2[nH]1)c1ccccc1F. The molecule has 1 aromatic heterocycles. The second kappa shape index (κ2) is 5.44. The highest BCUT2D eigenvalue weighted by Crippen LogP contribution is 2.21. The molecular formula is C16H17FN4. The Morgan fingerprint density at radius 3 is 2.81 bits per heavy atom. The molecule has 0 amide bonds. The number of nitrogens with one attached hydrogen (secondary N) is 1. The van der Waals surface area contributed by atoms with Crippen molar-refractivity contribution in [3.8, 4) is 0 Å². The molecule has 4 nitrogen and oxygen atoms in total. The summed E-state index contributed by atoms with van der Waals surface area (Å²) in [7, 11) is 0. The van der Waals surface area contributed by atoms with E-state index < -0.39 is 0 Å². The predicted molar refractivity (Wildman–Crippen MR) is 83.6 cm³/mol. The first-order chi connectivity index (χ1) is 10.2. The fourth-order valence-corrected chi connectivity index (χ4v) is 2.41. The number of hydrogen-bond donors (Lipinski definition) is 2. The summed E-state index contributed by atoms with van der Waals surface area (Å²) in [6, 6.07) is 12.3. The molecule has 108 valence electrons. The van der Waals surface area contributed by atoms with Crippen LogP contribution >= 0.6 is 0 Å². The number of nitrogen functional groups attached to an aromatic ring is 1. The van der Waals surface area contributed by atoms with Gasteiger partial charge < -0.3 is 15.6 Å². The van der Waals surface area contributed by atoms with Crippen molar-refractivity contribution in [3.05, 3.63) is 54.1 Å². The van der Waals surface area contributed by atoms with E-state index in [1.165, 1.54) is 6.07 Å². The van der Waals surface area contributed by atoms with Crippen LogP contribution in [0.1, 0.15) is 12.7 Å². The second-order valence-electron chi connectivity index (χ2n) is 4.93. The fraction of sp³-hybridized carbons (Fsp3) is 0.188. The smallest absolute Gasteiger partial charge is 0.146 e. The third kappa shape index (κ3) is 2.67. The number of nitrogens with two attached hydrogens (primary N) is 1. The summed E-state index contributed by atoms with van der Waals surface area (Å²) >= 11 is 0. The maximum Gasteiger partial charge on any atom is 0.146 e. The summed E-state index contributed by atoms with van der Waals surface area (Å²) in [5, 5.41) is 0. The minimum atomic E-state index is -0.222. The Morgan fingerprint density at radius 2 is 2.05 bits per heavy atom. The summed E-state index contributed by atoms with van der Waals surface area (Å²) in [4.78, 5) is 9.70. The van der Waals surface area contributed by atoms with Gasteiger partial charge in [0.05, 0.1) is 23.3 Å². The first-order valence-corrected chi connectivity index (χ1v) is 6.91. The van der Waals surface area contributed by atoms with Crippen molar-refractivity contribution < 1.29 is 4.39 Å². The van der Waals surface area contributed by atoms with Gasteiger partial charge in [0.2, 0.25) is 0 Å². The van der Waals surface area contributed by atoms with Gasteiger partial charge in [-0.05, 0) is 37.3 Å². The molecule has 0 saturated carbocycles. The molecule has 1 heterocycles. The second-order valence-corrected chi connectivity index (χ2v) is 4.93. The lowest BCUT2D eigenvalue weighted by Gasteiger charge is -2.22. The van der Waals surface area contributed by atoms with Gasteiger partial charge in [0.15, 0.2) is 0 Å². The number of para-hydroxylation sites is 1. The van der Waals surface area contributed by atoms with Gasteiger partial charge in [-0.15, -0.1) is 0 Å². The third-order valence-corrected chi connectivity index (χ3v) is 3.47. The molecule has 0 radical (unpaired) electrons. The monoisotopic (exact) mass is 284 g/mol. The quantitative estimate of drug-likeness (QED) is 0.723. The maximum atomic E-state index is 13.9. The van der Waals surface area contributed by atoms with Crippen LogP contribution in [0.4, 0.5) is 15.8 Å². The molecule has 0 spiro atoms. The van der Waals surface area contributed by atoms with Gasteiger partial charge in [-0.2, -0.15) is 0 Å². The molecule has 0 atom stereocenters. The van der Waals surface area contributed by atoms with E-state index in [0.29, 0.717) is 24.5 Å². The molecule has 0 aliphatic carbocycles. The van der Waals surface area contributed by atoms with Crippen LogP contribution in [0.25, 0.3) is 11.0 Å². The van der Waals surface area contributed by atoms with E-state index in [0.717, 1.165) is 16.9 Å². The van der Waals surface area contributed by atoms with Crippen molar-refractivity contribution in [2.75, 3.05) is 17.2 Å². The first-order valence-electron chi connectivity index (χ1n) is 6.91. The largest absolute Gasteiger partial charge is 0.399 e. The van der Waals surface area contributed by atoms with Crippen molar-refractivity contribution >= 4 is 22.4 Å². The third-order valence-electron chi connectivity index (χ3n) is 3.47. The van der Waals surface area contributed by atoms with E-state index in [-0.39, 0.29) is 5.82 Å². The molecule has 2 aromatic carbocycles. The van der Waals surface area contributed by atoms with Crippen LogP contribution in [0.2, 0.25) is 0 Å². The van der Waals surface area contributed by atoms with Crippen LogP contribution in [0.15, 0.2) is 42.5 Å². The van der Waals surface area contributed by atoms with Crippen LogP contribution in [0, 0.1) is 5.82 Å². The average molecular weight is 284 g/mol. The topological polar surface area (TPSA) is 57.9 Å². The van der Waals surface area contributed by atoms with E-state index in [1.54, 1.807) is 12.1 Å². The highest BCUT2D eigenvalue weighted by atomic mass is 19.1. The van der Waals surface area contributed by atoms with E-state index >= 15 is 0 Å². The molecule has 0 unspecified atom stereocenters. The highest BCUT2D eigenvalue weighted by Gasteiger charge is 2.12. The molecule has 0 aliphatic heterocycles. The predicted octanol–water partition coefficient (Wildman–Crippen LogP) is 3.31. The van der Waals surface area contributed by atoms with Gasteiger partial charge in [0.1, 0.15) is 11.6 Å². The Labute approximate surface area is 122 Å².